The molecule has 0 aliphatic carbocycles. The van der Waals surface area contributed by atoms with Gasteiger partial charge in [-0.1, -0.05) is 0 Å². The Balaban J connectivity index is 2.56. The van der Waals surface area contributed by atoms with Gasteiger partial charge in [0.2, 0.25) is 0 Å². The molecule has 0 bridgehead atoms. The summed E-state index contributed by atoms with van der Waals surface area (Å²) < 4.78 is 7.57. The Morgan fingerprint density at radius 3 is 2.50 bits per heavy atom. The molecule has 0 spiro atoms. The molecule has 2 N–H and O–H groups in total. The maximum absolute atomic E-state index is 5.63. The smallest absolute Gasteiger partial charge is 0.124 e. The highest BCUT2D eigenvalue weighted by molar-refractivity contribution is 5.69. The van der Waals surface area contributed by atoms with Crippen LogP contribution in [0.4, 0.5) is 0 Å². The number of methoxy groups -OCH3 is 1. The number of benzene rings is 1. The normalized spacial score (nSPS) is 10.9. The van der Waals surface area contributed by atoms with Gasteiger partial charge >= 0.3 is 0 Å². The van der Waals surface area contributed by atoms with Crippen LogP contribution < -0.4 is 10.5 Å². The van der Waals surface area contributed by atoms with E-state index in [0.29, 0.717) is 6.54 Å². The molecule has 0 atom stereocenters. The predicted molar refractivity (Wildman–Crippen MR) is 82.2 cm³/mol. The van der Waals surface area contributed by atoms with Gasteiger partial charge in [-0.3, -0.25) is 0 Å². The van der Waals surface area contributed by atoms with Crippen molar-refractivity contribution in [3.63, 3.8) is 0 Å². The molecule has 0 amide bonds. The van der Waals surface area contributed by atoms with E-state index in [1.165, 1.54) is 16.7 Å². The second-order valence-corrected chi connectivity index (χ2v) is 5.18. The van der Waals surface area contributed by atoms with Gasteiger partial charge in [-0.2, -0.15) is 0 Å². The van der Waals surface area contributed by atoms with E-state index in [1.807, 2.05) is 6.92 Å². The van der Waals surface area contributed by atoms with Crippen LogP contribution in [0.25, 0.3) is 11.3 Å². The highest BCUT2D eigenvalue weighted by Gasteiger charge is 2.14. The number of hydrogen-bond acceptors (Lipinski definition) is 3. The van der Waals surface area contributed by atoms with E-state index in [1.54, 1.807) is 7.11 Å². The van der Waals surface area contributed by atoms with Crippen LogP contribution in [-0.2, 0) is 6.54 Å². The Labute approximate surface area is 120 Å². The molecule has 4 nitrogen and oxygen atoms in total. The van der Waals surface area contributed by atoms with Crippen molar-refractivity contribution in [1.82, 2.24) is 9.55 Å². The third-order valence-electron chi connectivity index (χ3n) is 3.85. The van der Waals surface area contributed by atoms with Crippen molar-refractivity contribution in [2.45, 2.75) is 34.2 Å². The molecular formula is C16H23N3O. The quantitative estimate of drug-likeness (QED) is 0.932. The van der Waals surface area contributed by atoms with E-state index in [4.69, 9.17) is 10.5 Å². The predicted octanol–water partition coefficient (Wildman–Crippen LogP) is 2.75. The minimum atomic E-state index is 0.621. The molecule has 0 unspecified atom stereocenters. The van der Waals surface area contributed by atoms with E-state index in [0.717, 1.165) is 29.4 Å². The molecule has 0 radical (unpaired) electrons. The monoisotopic (exact) mass is 273 g/mol. The summed E-state index contributed by atoms with van der Waals surface area (Å²) in [5, 5.41) is 0. The standard InChI is InChI=1S/C16H23N3O/c1-10-8-14(11(2)12(3)16(10)20-5)15-9-19(7-6-17)13(4)18-15/h8-9H,6-7,17H2,1-5H3. The number of nitrogens with zero attached hydrogens (tertiary/aromatic N) is 2. The van der Waals surface area contributed by atoms with Crippen LogP contribution in [0.2, 0.25) is 0 Å². The first-order valence-corrected chi connectivity index (χ1v) is 6.88. The van der Waals surface area contributed by atoms with Crippen LogP contribution in [-0.4, -0.2) is 23.2 Å². The van der Waals surface area contributed by atoms with Gasteiger partial charge in [-0.15, -0.1) is 0 Å². The zero-order valence-electron chi connectivity index (χ0n) is 12.9. The summed E-state index contributed by atoms with van der Waals surface area (Å²) >= 11 is 0. The highest BCUT2D eigenvalue weighted by Crippen LogP contribution is 2.33. The molecule has 0 aliphatic rings. The number of ether oxygens (including phenoxy) is 1. The first kappa shape index (κ1) is 14.6. The van der Waals surface area contributed by atoms with E-state index in [-0.39, 0.29) is 0 Å². The minimum absolute atomic E-state index is 0.621. The van der Waals surface area contributed by atoms with Gasteiger partial charge in [0.15, 0.2) is 0 Å². The summed E-state index contributed by atoms with van der Waals surface area (Å²) in [6.45, 7) is 9.71. The molecule has 108 valence electrons. The van der Waals surface area contributed by atoms with Crippen molar-refractivity contribution in [3.05, 3.63) is 34.8 Å². The number of aromatic nitrogens is 2. The molecule has 0 saturated heterocycles. The summed E-state index contributed by atoms with van der Waals surface area (Å²) in [5.41, 5.74) is 11.3. The van der Waals surface area contributed by atoms with Gasteiger partial charge in [-0.05, 0) is 50.5 Å². The topological polar surface area (TPSA) is 53.1 Å². The number of nitrogens with two attached hydrogens (primary N) is 1. The van der Waals surface area contributed by atoms with Gasteiger partial charge in [0, 0.05) is 24.8 Å². The lowest BCUT2D eigenvalue weighted by molar-refractivity contribution is 0.408. The van der Waals surface area contributed by atoms with E-state index < -0.39 is 0 Å². The van der Waals surface area contributed by atoms with Gasteiger partial charge in [0.05, 0.1) is 12.8 Å². The minimum Gasteiger partial charge on any atom is -0.496 e. The maximum Gasteiger partial charge on any atom is 0.124 e. The molecule has 4 heteroatoms. The van der Waals surface area contributed by atoms with Crippen LogP contribution in [0.1, 0.15) is 22.5 Å². The van der Waals surface area contributed by atoms with Gasteiger partial charge in [0.1, 0.15) is 11.6 Å². The lowest BCUT2D eigenvalue weighted by Crippen LogP contribution is -2.10. The van der Waals surface area contributed by atoms with E-state index in [2.05, 4.69) is 42.6 Å². The van der Waals surface area contributed by atoms with Crippen molar-refractivity contribution < 1.29 is 4.74 Å². The molecule has 2 aromatic rings. The maximum atomic E-state index is 5.63. The number of hydrogen-bond donors (Lipinski definition) is 1. The highest BCUT2D eigenvalue weighted by atomic mass is 16.5. The molecule has 0 aliphatic heterocycles. The Hall–Kier alpha value is -1.81. The average Bonchev–Trinajstić information content (AvgIpc) is 2.76. The summed E-state index contributed by atoms with van der Waals surface area (Å²) in [4.78, 5) is 4.66. The van der Waals surface area contributed by atoms with Crippen LogP contribution in [0.3, 0.4) is 0 Å². The van der Waals surface area contributed by atoms with E-state index in [9.17, 15) is 0 Å². The molecule has 1 aromatic heterocycles. The second kappa shape index (κ2) is 5.67. The fourth-order valence-corrected chi connectivity index (χ4v) is 2.64. The zero-order valence-corrected chi connectivity index (χ0v) is 12.9. The summed E-state index contributed by atoms with van der Waals surface area (Å²) in [7, 11) is 1.72. The molecule has 0 fully saturated rings. The summed E-state index contributed by atoms with van der Waals surface area (Å²) in [6, 6.07) is 2.15. The number of aryl methyl sites for hydroxylation is 2. The first-order chi connectivity index (χ1) is 9.49. The third kappa shape index (κ3) is 2.43. The number of imidazole rings is 1. The van der Waals surface area contributed by atoms with E-state index >= 15 is 0 Å². The Morgan fingerprint density at radius 1 is 1.20 bits per heavy atom. The molecule has 20 heavy (non-hydrogen) atoms. The van der Waals surface area contributed by atoms with Crippen LogP contribution in [0.5, 0.6) is 5.75 Å². The molecular weight excluding hydrogens is 250 g/mol. The Bertz CT molecular complexity index is 629. The van der Waals surface area contributed by atoms with Crippen molar-refractivity contribution in [1.29, 1.82) is 0 Å². The molecule has 2 rings (SSSR count). The third-order valence-corrected chi connectivity index (χ3v) is 3.85. The van der Waals surface area contributed by atoms with Crippen LogP contribution in [0.15, 0.2) is 12.3 Å². The van der Waals surface area contributed by atoms with Crippen LogP contribution in [0, 0.1) is 27.7 Å². The SMILES string of the molecule is COc1c(C)cc(-c2cn(CCN)c(C)n2)c(C)c1C. The Morgan fingerprint density at radius 2 is 1.90 bits per heavy atom. The van der Waals surface area contributed by atoms with Crippen molar-refractivity contribution in [3.8, 4) is 17.0 Å². The largest absolute Gasteiger partial charge is 0.496 e. The lowest BCUT2D eigenvalue weighted by atomic mass is 9.97. The lowest BCUT2D eigenvalue weighted by Gasteiger charge is -2.14. The zero-order chi connectivity index (χ0) is 14.9. The Kier molecular flexibility index (Phi) is 4.14. The van der Waals surface area contributed by atoms with Gasteiger partial charge < -0.3 is 15.0 Å². The number of rotatable bonds is 4. The first-order valence-electron chi connectivity index (χ1n) is 6.88. The molecule has 1 heterocycles. The molecule has 1 aromatic carbocycles. The van der Waals surface area contributed by atoms with Crippen molar-refractivity contribution in [2.75, 3.05) is 13.7 Å². The fraction of sp³-hybridized carbons (Fsp3) is 0.438. The van der Waals surface area contributed by atoms with Crippen molar-refractivity contribution >= 4 is 0 Å². The fourth-order valence-electron chi connectivity index (χ4n) is 2.64. The second-order valence-electron chi connectivity index (χ2n) is 5.18. The molecule has 0 saturated carbocycles. The summed E-state index contributed by atoms with van der Waals surface area (Å²) in [5.74, 6) is 1.96. The summed E-state index contributed by atoms with van der Waals surface area (Å²) in [6.07, 6.45) is 2.08. The van der Waals surface area contributed by atoms with Crippen LogP contribution >= 0.6 is 0 Å². The van der Waals surface area contributed by atoms with Gasteiger partial charge in [0.25, 0.3) is 0 Å². The van der Waals surface area contributed by atoms with Crippen molar-refractivity contribution in [2.24, 2.45) is 5.73 Å². The average molecular weight is 273 g/mol. The van der Waals surface area contributed by atoms with Gasteiger partial charge in [-0.25, -0.2) is 4.98 Å².